The summed E-state index contributed by atoms with van der Waals surface area (Å²) in [4.78, 5) is 18.3. The summed E-state index contributed by atoms with van der Waals surface area (Å²) in [7, 11) is 0. The lowest BCUT2D eigenvalue weighted by Gasteiger charge is -2.00. The van der Waals surface area contributed by atoms with Crippen molar-refractivity contribution in [1.82, 2.24) is 10.3 Å². The van der Waals surface area contributed by atoms with Gasteiger partial charge in [-0.2, -0.15) is 0 Å². The number of aromatic nitrogens is 1. The molecule has 94 valence electrons. The molecule has 0 atom stereocenters. The molecular weight excluding hydrogens is 264 g/mol. The van der Waals surface area contributed by atoms with Gasteiger partial charge in [0.2, 0.25) is 0 Å². The Morgan fingerprint density at radius 3 is 3.00 bits per heavy atom. The van der Waals surface area contributed by atoms with Crippen molar-refractivity contribution in [3.8, 4) is 0 Å². The minimum absolute atomic E-state index is 0.00549. The number of hydrogen-bond donors (Lipinski definition) is 1. The van der Waals surface area contributed by atoms with Crippen LogP contribution in [0.4, 0.5) is 0 Å². The van der Waals surface area contributed by atoms with Crippen LogP contribution in [0.3, 0.4) is 0 Å². The number of carbonyl (C=O) groups is 1. The number of rotatable bonds is 4. The number of nitrogens with zero attached hydrogens (tertiary/aromatic N) is 1. The lowest BCUT2D eigenvalue weighted by atomic mass is 10.4. The van der Waals surface area contributed by atoms with E-state index in [0.29, 0.717) is 12.5 Å². The Kier molecular flexibility index (Phi) is 3.18. The molecule has 18 heavy (non-hydrogen) atoms. The number of thiophene rings is 1. The van der Waals surface area contributed by atoms with Crippen molar-refractivity contribution in [2.24, 2.45) is 0 Å². The van der Waals surface area contributed by atoms with Gasteiger partial charge in [0.25, 0.3) is 5.91 Å². The molecular formula is C13H14N2OS2. The van der Waals surface area contributed by atoms with E-state index in [1.54, 1.807) is 11.3 Å². The smallest absolute Gasteiger partial charge is 0.261 e. The molecule has 1 aliphatic rings. The average molecular weight is 278 g/mol. The fourth-order valence-corrected chi connectivity index (χ4v) is 3.51. The maximum absolute atomic E-state index is 11.9. The second-order valence-corrected chi connectivity index (χ2v) is 6.72. The van der Waals surface area contributed by atoms with Gasteiger partial charge in [0.1, 0.15) is 0 Å². The van der Waals surface area contributed by atoms with Crippen LogP contribution in [0.2, 0.25) is 0 Å². The first kappa shape index (κ1) is 11.9. The third kappa shape index (κ3) is 2.62. The molecule has 0 bridgehead atoms. The number of thiazole rings is 1. The van der Waals surface area contributed by atoms with Gasteiger partial charge in [-0.3, -0.25) is 4.79 Å². The highest BCUT2D eigenvalue weighted by atomic mass is 32.1. The third-order valence-electron chi connectivity index (χ3n) is 2.89. The van der Waals surface area contributed by atoms with Crippen LogP contribution >= 0.6 is 22.7 Å². The molecule has 0 saturated heterocycles. The van der Waals surface area contributed by atoms with Gasteiger partial charge in [0, 0.05) is 16.2 Å². The van der Waals surface area contributed by atoms with Crippen LogP contribution < -0.4 is 5.32 Å². The molecule has 3 nitrogen and oxygen atoms in total. The molecule has 1 amide bonds. The Morgan fingerprint density at radius 2 is 2.33 bits per heavy atom. The Morgan fingerprint density at radius 1 is 1.50 bits per heavy atom. The molecule has 0 spiro atoms. The molecule has 0 unspecified atom stereocenters. The molecule has 1 aliphatic carbocycles. The van der Waals surface area contributed by atoms with Crippen molar-refractivity contribution in [3.63, 3.8) is 0 Å². The average Bonchev–Trinajstić information content (AvgIpc) is 2.95. The van der Waals surface area contributed by atoms with Crippen molar-refractivity contribution in [1.29, 1.82) is 0 Å². The minimum atomic E-state index is -0.00549. The van der Waals surface area contributed by atoms with Gasteiger partial charge in [-0.15, -0.1) is 22.7 Å². The van der Waals surface area contributed by atoms with Crippen LogP contribution in [-0.4, -0.2) is 10.9 Å². The third-order valence-corrected chi connectivity index (χ3v) is 4.95. The van der Waals surface area contributed by atoms with Gasteiger partial charge >= 0.3 is 0 Å². The summed E-state index contributed by atoms with van der Waals surface area (Å²) in [6, 6.07) is 3.83. The molecule has 2 heterocycles. The first-order valence-electron chi connectivity index (χ1n) is 6.01. The number of hydrogen-bond acceptors (Lipinski definition) is 4. The predicted octanol–water partition coefficient (Wildman–Crippen LogP) is 3.32. The molecule has 3 rings (SSSR count). The van der Waals surface area contributed by atoms with Crippen LogP contribution in [0.5, 0.6) is 0 Å². The van der Waals surface area contributed by atoms with E-state index in [-0.39, 0.29) is 5.91 Å². The molecule has 0 radical (unpaired) electrons. The first-order chi connectivity index (χ1) is 8.72. The van der Waals surface area contributed by atoms with E-state index in [4.69, 9.17) is 0 Å². The van der Waals surface area contributed by atoms with Crippen LogP contribution in [0, 0.1) is 6.92 Å². The van der Waals surface area contributed by atoms with E-state index in [0.717, 1.165) is 15.4 Å². The van der Waals surface area contributed by atoms with Crippen LogP contribution in [0.25, 0.3) is 0 Å². The maximum atomic E-state index is 11.9. The first-order valence-corrected chi connectivity index (χ1v) is 7.71. The summed E-state index contributed by atoms with van der Waals surface area (Å²) < 4.78 is 0. The lowest BCUT2D eigenvalue weighted by molar-refractivity contribution is 0.0954. The largest absolute Gasteiger partial charge is 0.346 e. The normalized spacial score (nSPS) is 14.7. The quantitative estimate of drug-likeness (QED) is 0.932. The topological polar surface area (TPSA) is 42.0 Å². The van der Waals surface area contributed by atoms with Crippen molar-refractivity contribution < 1.29 is 4.79 Å². The molecule has 1 fully saturated rings. The SMILES string of the molecule is Cc1ccc(C(=O)NCc2csc(C3CC3)n2)s1. The van der Waals surface area contributed by atoms with Crippen molar-refractivity contribution in [2.75, 3.05) is 0 Å². The van der Waals surface area contributed by atoms with Gasteiger partial charge in [0.15, 0.2) is 0 Å². The number of aryl methyl sites for hydroxylation is 1. The van der Waals surface area contributed by atoms with Crippen LogP contribution in [-0.2, 0) is 6.54 Å². The van der Waals surface area contributed by atoms with Gasteiger partial charge < -0.3 is 5.32 Å². The highest BCUT2D eigenvalue weighted by molar-refractivity contribution is 7.13. The van der Waals surface area contributed by atoms with Crippen molar-refractivity contribution in [3.05, 3.63) is 38.0 Å². The summed E-state index contributed by atoms with van der Waals surface area (Å²) in [6.45, 7) is 2.53. The van der Waals surface area contributed by atoms with Gasteiger partial charge in [-0.1, -0.05) is 0 Å². The Labute approximate surface area is 114 Å². The van der Waals surface area contributed by atoms with Crippen LogP contribution in [0.1, 0.15) is 44.0 Å². The molecule has 5 heteroatoms. The molecule has 2 aromatic rings. The van der Waals surface area contributed by atoms with Gasteiger partial charge in [0.05, 0.1) is 22.1 Å². The van der Waals surface area contributed by atoms with E-state index in [2.05, 4.69) is 10.3 Å². The zero-order valence-corrected chi connectivity index (χ0v) is 11.7. The van der Waals surface area contributed by atoms with E-state index in [9.17, 15) is 4.79 Å². The van der Waals surface area contributed by atoms with Crippen molar-refractivity contribution in [2.45, 2.75) is 32.2 Å². The standard InChI is InChI=1S/C13H14N2OS2/c1-8-2-5-11(18-8)12(16)14-6-10-7-17-13(15-10)9-3-4-9/h2,5,7,9H,3-4,6H2,1H3,(H,14,16). The van der Waals surface area contributed by atoms with Crippen molar-refractivity contribution >= 4 is 28.6 Å². The Balaban J connectivity index is 1.58. The van der Waals surface area contributed by atoms with E-state index >= 15 is 0 Å². The molecule has 2 aromatic heterocycles. The summed E-state index contributed by atoms with van der Waals surface area (Å²) in [5.74, 6) is 0.688. The van der Waals surface area contributed by atoms with Crippen LogP contribution in [0.15, 0.2) is 17.5 Å². The monoisotopic (exact) mass is 278 g/mol. The summed E-state index contributed by atoms with van der Waals surface area (Å²) in [5.41, 5.74) is 0.975. The second-order valence-electron chi connectivity index (χ2n) is 4.54. The predicted molar refractivity (Wildman–Crippen MR) is 74.3 cm³/mol. The zero-order chi connectivity index (χ0) is 12.5. The fourth-order valence-electron chi connectivity index (χ4n) is 1.74. The van der Waals surface area contributed by atoms with Gasteiger partial charge in [-0.25, -0.2) is 4.98 Å². The molecule has 1 N–H and O–H groups in total. The van der Waals surface area contributed by atoms with Gasteiger partial charge in [-0.05, 0) is 31.9 Å². The van der Waals surface area contributed by atoms with E-state index < -0.39 is 0 Å². The summed E-state index contributed by atoms with van der Waals surface area (Å²) in [5, 5.41) is 6.19. The number of nitrogens with one attached hydrogen (secondary N) is 1. The Bertz CT molecular complexity index is 569. The fraction of sp³-hybridized carbons (Fsp3) is 0.385. The number of carbonyl (C=O) groups excluding carboxylic acids is 1. The second kappa shape index (κ2) is 4.82. The molecule has 0 aromatic carbocycles. The number of amides is 1. The Hall–Kier alpha value is -1.20. The minimum Gasteiger partial charge on any atom is -0.346 e. The molecule has 1 saturated carbocycles. The highest BCUT2D eigenvalue weighted by Gasteiger charge is 2.26. The van der Waals surface area contributed by atoms with E-state index in [1.165, 1.54) is 29.2 Å². The maximum Gasteiger partial charge on any atom is 0.261 e. The summed E-state index contributed by atoms with van der Waals surface area (Å²) in [6.07, 6.45) is 2.54. The zero-order valence-electron chi connectivity index (χ0n) is 10.1. The highest BCUT2D eigenvalue weighted by Crippen LogP contribution is 2.41. The summed E-state index contributed by atoms with van der Waals surface area (Å²) >= 11 is 3.23. The molecule has 0 aliphatic heterocycles. The lowest BCUT2D eigenvalue weighted by Crippen LogP contribution is -2.21. The van der Waals surface area contributed by atoms with E-state index in [1.807, 2.05) is 24.4 Å².